The first-order valence-corrected chi connectivity index (χ1v) is 8.37. The first-order valence-electron chi connectivity index (χ1n) is 7.49. The molecule has 6 nitrogen and oxygen atoms in total. The van der Waals surface area contributed by atoms with Crippen LogP contribution in [0.5, 0.6) is 5.75 Å². The Morgan fingerprint density at radius 3 is 3.30 bits per heavy atom. The molecule has 1 unspecified atom stereocenters. The molecule has 0 bridgehead atoms. The summed E-state index contributed by atoms with van der Waals surface area (Å²) in [5.41, 5.74) is 8.08. The van der Waals surface area contributed by atoms with Crippen molar-refractivity contribution in [1.82, 2.24) is 14.7 Å². The number of para-hydroxylation sites is 1. The van der Waals surface area contributed by atoms with Crippen molar-refractivity contribution in [3.8, 4) is 5.75 Å². The first kappa shape index (κ1) is 14.1. The van der Waals surface area contributed by atoms with Gasteiger partial charge in [-0.25, -0.2) is 9.98 Å². The van der Waals surface area contributed by atoms with Crippen LogP contribution in [0, 0.1) is 0 Å². The van der Waals surface area contributed by atoms with Crippen molar-refractivity contribution in [2.75, 3.05) is 6.61 Å². The summed E-state index contributed by atoms with van der Waals surface area (Å²) in [5, 5.41) is 5.30. The number of rotatable bonds is 3. The highest BCUT2D eigenvalue weighted by Crippen LogP contribution is 2.31. The number of aliphatic imine (C=N–C) groups is 1. The maximum Gasteiger partial charge on any atom is 0.193 e. The number of nitrogens with zero attached hydrogens (tertiary/aromatic N) is 3. The number of hydrogen-bond acceptors (Lipinski definition) is 4. The standard InChI is InChI=1S/C16H17N5OS/c17-15(18-9-11-10-21-6-8-23-16(21)19-11)20-13-5-7-22-14-4-2-1-3-12(13)14/h1-4,6,8,10,13H,5,7,9H2,(H3,17,18,20). The molecular weight excluding hydrogens is 310 g/mol. The lowest BCUT2D eigenvalue weighted by Crippen LogP contribution is -2.37. The highest BCUT2D eigenvalue weighted by Gasteiger charge is 2.21. The van der Waals surface area contributed by atoms with Crippen LogP contribution in [0.2, 0.25) is 0 Å². The van der Waals surface area contributed by atoms with Crippen LogP contribution in [-0.4, -0.2) is 22.0 Å². The molecule has 1 aliphatic heterocycles. The van der Waals surface area contributed by atoms with Gasteiger partial charge in [-0.3, -0.25) is 4.40 Å². The maximum absolute atomic E-state index is 6.05. The van der Waals surface area contributed by atoms with Gasteiger partial charge in [0.1, 0.15) is 5.75 Å². The smallest absolute Gasteiger partial charge is 0.193 e. The zero-order valence-corrected chi connectivity index (χ0v) is 13.3. The van der Waals surface area contributed by atoms with Crippen LogP contribution in [0.15, 0.2) is 47.0 Å². The molecule has 7 heteroatoms. The monoisotopic (exact) mass is 327 g/mol. The second-order valence-electron chi connectivity index (χ2n) is 5.40. The molecule has 0 spiro atoms. The molecule has 0 saturated carbocycles. The van der Waals surface area contributed by atoms with Crippen molar-refractivity contribution in [3.05, 3.63) is 53.3 Å². The third kappa shape index (κ3) is 2.87. The molecule has 0 fully saturated rings. The van der Waals surface area contributed by atoms with E-state index >= 15 is 0 Å². The van der Waals surface area contributed by atoms with Crippen molar-refractivity contribution in [3.63, 3.8) is 0 Å². The largest absolute Gasteiger partial charge is 0.493 e. The van der Waals surface area contributed by atoms with E-state index in [1.165, 1.54) is 0 Å². The maximum atomic E-state index is 6.05. The van der Waals surface area contributed by atoms with Crippen LogP contribution in [-0.2, 0) is 6.54 Å². The summed E-state index contributed by atoms with van der Waals surface area (Å²) < 4.78 is 7.65. The third-order valence-corrected chi connectivity index (χ3v) is 4.61. The summed E-state index contributed by atoms with van der Waals surface area (Å²) in [5.74, 6) is 1.35. The molecule has 2 aromatic heterocycles. The molecule has 0 amide bonds. The van der Waals surface area contributed by atoms with Gasteiger partial charge in [0, 0.05) is 29.8 Å². The predicted molar refractivity (Wildman–Crippen MR) is 90.8 cm³/mol. The fourth-order valence-corrected chi connectivity index (χ4v) is 3.45. The van der Waals surface area contributed by atoms with Gasteiger partial charge in [0.25, 0.3) is 0 Å². The van der Waals surface area contributed by atoms with E-state index in [0.29, 0.717) is 19.1 Å². The van der Waals surface area contributed by atoms with Gasteiger partial charge in [-0.1, -0.05) is 18.2 Å². The zero-order valence-electron chi connectivity index (χ0n) is 12.5. The number of fused-ring (bicyclic) bond motifs is 2. The van der Waals surface area contributed by atoms with E-state index < -0.39 is 0 Å². The normalized spacial score (nSPS) is 17.7. The fourth-order valence-electron chi connectivity index (χ4n) is 2.73. The molecule has 0 saturated heterocycles. The van der Waals surface area contributed by atoms with Gasteiger partial charge in [0.15, 0.2) is 10.9 Å². The van der Waals surface area contributed by atoms with E-state index in [2.05, 4.69) is 21.4 Å². The SMILES string of the molecule is NC(=NCc1cn2ccsc2n1)NC1CCOc2ccccc21. The molecule has 4 rings (SSSR count). The van der Waals surface area contributed by atoms with E-state index in [-0.39, 0.29) is 6.04 Å². The summed E-state index contributed by atoms with van der Waals surface area (Å²) in [6, 6.07) is 8.16. The summed E-state index contributed by atoms with van der Waals surface area (Å²) >= 11 is 1.61. The Morgan fingerprint density at radius 1 is 1.48 bits per heavy atom. The van der Waals surface area contributed by atoms with E-state index in [0.717, 1.165) is 28.4 Å². The predicted octanol–water partition coefficient (Wildman–Crippen LogP) is 2.32. The summed E-state index contributed by atoms with van der Waals surface area (Å²) in [6.07, 6.45) is 4.83. The Kier molecular flexibility index (Phi) is 3.63. The highest BCUT2D eigenvalue weighted by molar-refractivity contribution is 7.15. The Balaban J connectivity index is 1.45. The van der Waals surface area contributed by atoms with Crippen LogP contribution >= 0.6 is 11.3 Å². The lowest BCUT2D eigenvalue weighted by molar-refractivity contribution is 0.262. The van der Waals surface area contributed by atoms with Gasteiger partial charge < -0.3 is 15.8 Å². The number of benzene rings is 1. The summed E-state index contributed by atoms with van der Waals surface area (Å²) in [6.45, 7) is 1.15. The zero-order chi connectivity index (χ0) is 15.6. The number of nitrogens with two attached hydrogens (primary N) is 1. The number of nitrogens with one attached hydrogen (secondary N) is 1. The van der Waals surface area contributed by atoms with E-state index in [4.69, 9.17) is 10.5 Å². The van der Waals surface area contributed by atoms with Crippen LogP contribution in [0.25, 0.3) is 4.96 Å². The Bertz CT molecular complexity index is 824. The lowest BCUT2D eigenvalue weighted by atomic mass is 10.0. The Hall–Kier alpha value is -2.54. The molecule has 118 valence electrons. The average molecular weight is 327 g/mol. The molecule has 1 aromatic carbocycles. The topological polar surface area (TPSA) is 76.9 Å². The molecular formula is C16H17N5OS. The molecule has 3 heterocycles. The van der Waals surface area contributed by atoms with Crippen LogP contribution < -0.4 is 15.8 Å². The average Bonchev–Trinajstić information content (AvgIpc) is 3.15. The van der Waals surface area contributed by atoms with Crippen molar-refractivity contribution < 1.29 is 4.74 Å². The molecule has 0 aliphatic carbocycles. The van der Waals surface area contributed by atoms with Crippen molar-refractivity contribution in [1.29, 1.82) is 0 Å². The molecule has 3 aromatic rings. The second-order valence-corrected chi connectivity index (χ2v) is 6.27. The molecule has 0 radical (unpaired) electrons. The van der Waals surface area contributed by atoms with Gasteiger partial charge in [-0.05, 0) is 6.07 Å². The van der Waals surface area contributed by atoms with Crippen molar-refractivity contribution in [2.24, 2.45) is 10.7 Å². The fraction of sp³-hybridized carbons (Fsp3) is 0.250. The Labute approximate surface area is 137 Å². The molecule has 1 aliphatic rings. The minimum Gasteiger partial charge on any atom is -0.493 e. The van der Waals surface area contributed by atoms with Gasteiger partial charge >= 0.3 is 0 Å². The van der Waals surface area contributed by atoms with Crippen LogP contribution in [0.3, 0.4) is 0 Å². The third-order valence-electron chi connectivity index (χ3n) is 3.84. The van der Waals surface area contributed by atoms with Crippen LogP contribution in [0.4, 0.5) is 0 Å². The highest BCUT2D eigenvalue weighted by atomic mass is 32.1. The summed E-state index contributed by atoms with van der Waals surface area (Å²) in [4.78, 5) is 9.88. The van der Waals surface area contributed by atoms with Gasteiger partial charge in [0.05, 0.1) is 24.9 Å². The van der Waals surface area contributed by atoms with E-state index in [1.807, 2.05) is 40.4 Å². The van der Waals surface area contributed by atoms with Gasteiger partial charge in [-0.15, -0.1) is 11.3 Å². The quantitative estimate of drug-likeness (QED) is 0.572. The minimum absolute atomic E-state index is 0.134. The van der Waals surface area contributed by atoms with Gasteiger partial charge in [0.2, 0.25) is 0 Å². The number of thiazole rings is 1. The molecule has 23 heavy (non-hydrogen) atoms. The van der Waals surface area contributed by atoms with Gasteiger partial charge in [-0.2, -0.15) is 0 Å². The second kappa shape index (κ2) is 5.92. The van der Waals surface area contributed by atoms with Crippen LogP contribution in [0.1, 0.15) is 23.7 Å². The number of imidazole rings is 1. The number of guanidine groups is 1. The number of aromatic nitrogens is 2. The van der Waals surface area contributed by atoms with E-state index in [1.54, 1.807) is 11.3 Å². The van der Waals surface area contributed by atoms with Crippen molar-refractivity contribution in [2.45, 2.75) is 19.0 Å². The first-order chi connectivity index (χ1) is 11.3. The summed E-state index contributed by atoms with van der Waals surface area (Å²) in [7, 11) is 0. The minimum atomic E-state index is 0.134. The number of ether oxygens (including phenoxy) is 1. The van der Waals surface area contributed by atoms with Crippen molar-refractivity contribution >= 4 is 22.3 Å². The lowest BCUT2D eigenvalue weighted by Gasteiger charge is -2.26. The molecule has 1 atom stereocenters. The van der Waals surface area contributed by atoms with E-state index in [9.17, 15) is 0 Å². The number of hydrogen-bond donors (Lipinski definition) is 2. The molecule has 3 N–H and O–H groups in total. The Morgan fingerprint density at radius 2 is 2.39 bits per heavy atom.